The van der Waals surface area contributed by atoms with Crippen LogP contribution in [0.1, 0.15) is 21.6 Å². The number of hydrogen-bond donors (Lipinski definition) is 1. The third kappa shape index (κ3) is 3.40. The van der Waals surface area contributed by atoms with Crippen molar-refractivity contribution in [3.63, 3.8) is 0 Å². The highest BCUT2D eigenvalue weighted by molar-refractivity contribution is 5.96. The number of carbonyl (C=O) groups excluding carboxylic acids is 1. The molecule has 4 heterocycles. The van der Waals surface area contributed by atoms with Crippen LogP contribution in [-0.2, 0) is 6.42 Å². The van der Waals surface area contributed by atoms with Crippen LogP contribution in [0.25, 0.3) is 11.4 Å². The highest BCUT2D eigenvalue weighted by atomic mass is 16.5. The smallest absolute Gasteiger partial charge is 0.270 e. The van der Waals surface area contributed by atoms with E-state index in [2.05, 4.69) is 33.2 Å². The van der Waals surface area contributed by atoms with Crippen molar-refractivity contribution in [2.45, 2.75) is 19.4 Å². The van der Waals surface area contributed by atoms with E-state index in [4.69, 9.17) is 9.72 Å². The third-order valence-corrected chi connectivity index (χ3v) is 5.22. The number of ether oxygens (including phenoxy) is 1. The monoisotopic (exact) mass is 387 g/mol. The molecule has 29 heavy (non-hydrogen) atoms. The van der Waals surface area contributed by atoms with Crippen LogP contribution in [0.4, 0.5) is 5.82 Å². The van der Waals surface area contributed by atoms with Gasteiger partial charge in [0.25, 0.3) is 5.91 Å². The largest absolute Gasteiger partial charge is 0.487 e. The Hall–Kier alpha value is -3.48. The van der Waals surface area contributed by atoms with Gasteiger partial charge < -0.3 is 15.0 Å². The summed E-state index contributed by atoms with van der Waals surface area (Å²) >= 11 is 0. The standard InChI is InChI=1S/C22H21N5O2/c1-14-4-2-6-16(10-14)29-17-12-27(13-17)21-18-7-9-24-22(28)19(18)25-20(26-21)15-5-3-8-23-11-15/h2-6,8,10-11,17H,7,9,12-13H2,1H3,(H,24,28). The van der Waals surface area contributed by atoms with E-state index in [1.807, 2.05) is 30.3 Å². The number of pyridine rings is 1. The lowest BCUT2D eigenvalue weighted by molar-refractivity contribution is 0.0940. The van der Waals surface area contributed by atoms with E-state index in [0.29, 0.717) is 18.1 Å². The van der Waals surface area contributed by atoms with Crippen molar-refractivity contribution in [2.75, 3.05) is 24.5 Å². The maximum Gasteiger partial charge on any atom is 0.270 e. The average Bonchev–Trinajstić information content (AvgIpc) is 2.71. The molecular weight excluding hydrogens is 366 g/mol. The summed E-state index contributed by atoms with van der Waals surface area (Å²) in [5.74, 6) is 2.09. The number of nitrogens with zero attached hydrogens (tertiary/aromatic N) is 4. The van der Waals surface area contributed by atoms with Gasteiger partial charge in [0, 0.05) is 30.1 Å². The van der Waals surface area contributed by atoms with Gasteiger partial charge in [0.15, 0.2) is 5.82 Å². The van der Waals surface area contributed by atoms with Gasteiger partial charge in [-0.25, -0.2) is 9.97 Å². The molecule has 1 amide bonds. The molecule has 0 bridgehead atoms. The lowest BCUT2D eigenvalue weighted by Gasteiger charge is -2.41. The van der Waals surface area contributed by atoms with E-state index in [1.54, 1.807) is 12.4 Å². The number of benzene rings is 1. The fourth-order valence-corrected chi connectivity index (χ4v) is 3.73. The first-order valence-electron chi connectivity index (χ1n) is 9.75. The van der Waals surface area contributed by atoms with E-state index in [-0.39, 0.29) is 12.0 Å². The Balaban J connectivity index is 1.42. The molecule has 2 aliphatic rings. The minimum Gasteiger partial charge on any atom is -0.487 e. The summed E-state index contributed by atoms with van der Waals surface area (Å²) < 4.78 is 6.09. The normalized spacial score (nSPS) is 16.0. The number of hydrogen-bond acceptors (Lipinski definition) is 6. The van der Waals surface area contributed by atoms with E-state index in [0.717, 1.165) is 42.2 Å². The molecule has 2 aliphatic heterocycles. The molecule has 2 aromatic heterocycles. The molecule has 0 atom stereocenters. The zero-order valence-electron chi connectivity index (χ0n) is 16.1. The molecule has 7 nitrogen and oxygen atoms in total. The maximum absolute atomic E-state index is 12.4. The number of nitrogens with one attached hydrogen (secondary N) is 1. The second-order valence-corrected chi connectivity index (χ2v) is 7.41. The summed E-state index contributed by atoms with van der Waals surface area (Å²) in [4.78, 5) is 28.1. The van der Waals surface area contributed by atoms with Crippen molar-refractivity contribution >= 4 is 11.7 Å². The van der Waals surface area contributed by atoms with Gasteiger partial charge in [-0.15, -0.1) is 0 Å². The van der Waals surface area contributed by atoms with Crippen molar-refractivity contribution in [1.29, 1.82) is 0 Å². The van der Waals surface area contributed by atoms with Gasteiger partial charge in [-0.1, -0.05) is 12.1 Å². The molecule has 0 unspecified atom stereocenters. The van der Waals surface area contributed by atoms with Crippen LogP contribution in [0.3, 0.4) is 0 Å². The molecule has 1 fully saturated rings. The van der Waals surface area contributed by atoms with Gasteiger partial charge in [-0.2, -0.15) is 0 Å². The van der Waals surface area contributed by atoms with Crippen molar-refractivity contribution in [3.05, 3.63) is 65.6 Å². The summed E-state index contributed by atoms with van der Waals surface area (Å²) in [6.45, 7) is 4.11. The van der Waals surface area contributed by atoms with Gasteiger partial charge in [0.2, 0.25) is 0 Å². The Kier molecular flexibility index (Phi) is 4.35. The number of anilines is 1. The van der Waals surface area contributed by atoms with E-state index >= 15 is 0 Å². The zero-order valence-corrected chi connectivity index (χ0v) is 16.1. The van der Waals surface area contributed by atoms with Crippen LogP contribution in [0, 0.1) is 6.92 Å². The molecule has 146 valence electrons. The maximum atomic E-state index is 12.4. The van der Waals surface area contributed by atoms with Crippen LogP contribution in [-0.4, -0.2) is 46.6 Å². The number of aromatic nitrogens is 3. The highest BCUT2D eigenvalue weighted by Gasteiger charge is 2.34. The predicted molar refractivity (Wildman–Crippen MR) is 109 cm³/mol. The van der Waals surface area contributed by atoms with Crippen molar-refractivity contribution in [2.24, 2.45) is 0 Å². The molecule has 7 heteroatoms. The molecular formula is C22H21N5O2. The SMILES string of the molecule is Cc1cccc(OC2CN(c3nc(-c4cccnc4)nc4c3CCNC4=O)C2)c1. The van der Waals surface area contributed by atoms with Crippen LogP contribution in [0.2, 0.25) is 0 Å². The van der Waals surface area contributed by atoms with E-state index < -0.39 is 0 Å². The minimum absolute atomic E-state index is 0.0988. The fraction of sp³-hybridized carbons (Fsp3) is 0.273. The fourth-order valence-electron chi connectivity index (χ4n) is 3.73. The van der Waals surface area contributed by atoms with Crippen LogP contribution in [0.5, 0.6) is 5.75 Å². The number of rotatable bonds is 4. The Morgan fingerprint density at radius 3 is 2.86 bits per heavy atom. The Morgan fingerprint density at radius 2 is 2.07 bits per heavy atom. The van der Waals surface area contributed by atoms with Crippen molar-refractivity contribution in [3.8, 4) is 17.1 Å². The Morgan fingerprint density at radius 1 is 1.17 bits per heavy atom. The first-order valence-corrected chi connectivity index (χ1v) is 9.75. The molecule has 1 aromatic carbocycles. The first-order chi connectivity index (χ1) is 14.2. The third-order valence-electron chi connectivity index (χ3n) is 5.22. The highest BCUT2D eigenvalue weighted by Crippen LogP contribution is 2.31. The summed E-state index contributed by atoms with van der Waals surface area (Å²) in [6, 6.07) is 11.8. The Bertz CT molecular complexity index is 1060. The van der Waals surface area contributed by atoms with Crippen molar-refractivity contribution in [1.82, 2.24) is 20.3 Å². The average molecular weight is 387 g/mol. The van der Waals surface area contributed by atoms with Gasteiger partial charge in [-0.3, -0.25) is 9.78 Å². The molecule has 0 spiro atoms. The quantitative estimate of drug-likeness (QED) is 0.741. The summed E-state index contributed by atoms with van der Waals surface area (Å²) in [7, 11) is 0. The molecule has 0 aliphatic carbocycles. The van der Waals surface area contributed by atoms with E-state index in [9.17, 15) is 4.79 Å². The number of carbonyl (C=O) groups is 1. The van der Waals surface area contributed by atoms with Gasteiger partial charge in [-0.05, 0) is 43.2 Å². The summed E-state index contributed by atoms with van der Waals surface area (Å²) in [5, 5.41) is 2.88. The van der Waals surface area contributed by atoms with Crippen LogP contribution < -0.4 is 15.0 Å². The topological polar surface area (TPSA) is 80.2 Å². The zero-order chi connectivity index (χ0) is 19.8. The van der Waals surface area contributed by atoms with E-state index in [1.165, 1.54) is 5.56 Å². The molecule has 1 N–H and O–H groups in total. The summed E-state index contributed by atoms with van der Waals surface area (Å²) in [5.41, 5.74) is 3.34. The van der Waals surface area contributed by atoms with Gasteiger partial charge in [0.1, 0.15) is 23.4 Å². The summed E-state index contributed by atoms with van der Waals surface area (Å²) in [6.07, 6.45) is 4.25. The van der Waals surface area contributed by atoms with Crippen LogP contribution in [0.15, 0.2) is 48.8 Å². The lowest BCUT2D eigenvalue weighted by Crippen LogP contribution is -2.55. The number of aryl methyl sites for hydroxylation is 1. The number of fused-ring (bicyclic) bond motifs is 1. The lowest BCUT2D eigenvalue weighted by atomic mass is 10.0. The van der Waals surface area contributed by atoms with Gasteiger partial charge >= 0.3 is 0 Å². The van der Waals surface area contributed by atoms with Crippen LogP contribution >= 0.6 is 0 Å². The first kappa shape index (κ1) is 17.6. The number of amides is 1. The van der Waals surface area contributed by atoms with Gasteiger partial charge in [0.05, 0.1) is 13.1 Å². The molecule has 1 saturated heterocycles. The minimum atomic E-state index is -0.145. The molecule has 5 rings (SSSR count). The van der Waals surface area contributed by atoms with Crippen molar-refractivity contribution < 1.29 is 9.53 Å². The molecule has 3 aromatic rings. The second-order valence-electron chi connectivity index (χ2n) is 7.41. The molecule has 0 saturated carbocycles. The predicted octanol–water partition coefficient (Wildman–Crippen LogP) is 2.40. The Labute approximate surface area is 168 Å². The second kappa shape index (κ2) is 7.16. The molecule has 0 radical (unpaired) electrons.